The van der Waals surface area contributed by atoms with Crippen molar-refractivity contribution < 1.29 is 4.74 Å². The highest BCUT2D eigenvalue weighted by Crippen LogP contribution is 2.24. The van der Waals surface area contributed by atoms with E-state index in [9.17, 15) is 0 Å². The largest absolute Gasteiger partial charge is 0.379 e. The standard InChI is InChI=1S/C18H23ClN4O/c1-14(17-12-20-5-6-21-17)22-13-18(23-7-9-24-10-8-23)15-3-2-4-16(19)11-15/h2-6,11-12,14,18,22H,7-10,13H2,1H3/t14-,18+/m1/s1. The number of aromatic nitrogens is 2. The maximum Gasteiger partial charge on any atom is 0.0753 e. The van der Waals surface area contributed by atoms with E-state index in [2.05, 4.69) is 39.2 Å². The molecule has 1 aliphatic rings. The third-order valence-electron chi connectivity index (χ3n) is 4.36. The summed E-state index contributed by atoms with van der Waals surface area (Å²) in [6.45, 7) is 6.33. The van der Waals surface area contributed by atoms with Gasteiger partial charge in [0.05, 0.1) is 18.9 Å². The van der Waals surface area contributed by atoms with E-state index < -0.39 is 0 Å². The average molecular weight is 347 g/mol. The van der Waals surface area contributed by atoms with E-state index in [-0.39, 0.29) is 12.1 Å². The maximum atomic E-state index is 6.20. The molecule has 0 aliphatic carbocycles. The molecule has 6 heteroatoms. The lowest BCUT2D eigenvalue weighted by Crippen LogP contribution is -2.43. The van der Waals surface area contributed by atoms with Gasteiger partial charge in [-0.2, -0.15) is 0 Å². The minimum Gasteiger partial charge on any atom is -0.379 e. The molecule has 0 unspecified atom stereocenters. The van der Waals surface area contributed by atoms with Gasteiger partial charge in [-0.25, -0.2) is 0 Å². The van der Waals surface area contributed by atoms with Crippen molar-refractivity contribution in [2.45, 2.75) is 19.0 Å². The normalized spacial score (nSPS) is 18.2. The van der Waals surface area contributed by atoms with Crippen LogP contribution >= 0.6 is 11.6 Å². The zero-order chi connectivity index (χ0) is 16.8. The minimum absolute atomic E-state index is 0.140. The van der Waals surface area contributed by atoms with Crippen molar-refractivity contribution in [3.05, 3.63) is 59.1 Å². The summed E-state index contributed by atoms with van der Waals surface area (Å²) in [5, 5.41) is 4.36. The van der Waals surface area contributed by atoms with E-state index in [1.165, 1.54) is 5.56 Å². The fourth-order valence-electron chi connectivity index (χ4n) is 2.99. The second-order valence-corrected chi connectivity index (χ2v) is 6.42. The summed E-state index contributed by atoms with van der Waals surface area (Å²) in [6.07, 6.45) is 5.23. The molecule has 1 aromatic heterocycles. The van der Waals surface area contributed by atoms with Gasteiger partial charge in [0.25, 0.3) is 0 Å². The summed E-state index contributed by atoms with van der Waals surface area (Å²) < 4.78 is 5.50. The number of nitrogens with zero attached hydrogens (tertiary/aromatic N) is 3. The number of hydrogen-bond donors (Lipinski definition) is 1. The fourth-order valence-corrected chi connectivity index (χ4v) is 3.19. The first-order chi connectivity index (χ1) is 11.7. The van der Waals surface area contributed by atoms with Crippen LogP contribution in [0.25, 0.3) is 0 Å². The second kappa shape index (κ2) is 8.53. The Labute approximate surface area is 148 Å². The van der Waals surface area contributed by atoms with Gasteiger partial charge >= 0.3 is 0 Å². The zero-order valence-corrected chi connectivity index (χ0v) is 14.6. The highest BCUT2D eigenvalue weighted by atomic mass is 35.5. The summed E-state index contributed by atoms with van der Waals surface area (Å²) in [4.78, 5) is 11.0. The number of halogens is 1. The first-order valence-corrected chi connectivity index (χ1v) is 8.68. The molecule has 1 aliphatic heterocycles. The molecule has 1 saturated heterocycles. The Bertz CT molecular complexity index is 634. The van der Waals surface area contributed by atoms with Crippen LogP contribution < -0.4 is 5.32 Å². The smallest absolute Gasteiger partial charge is 0.0753 e. The van der Waals surface area contributed by atoms with Crippen LogP contribution in [0.1, 0.15) is 30.3 Å². The summed E-state index contributed by atoms with van der Waals surface area (Å²) in [5.41, 5.74) is 2.17. The van der Waals surface area contributed by atoms with Crippen LogP contribution in [0.2, 0.25) is 5.02 Å². The molecule has 24 heavy (non-hydrogen) atoms. The quantitative estimate of drug-likeness (QED) is 0.871. The van der Waals surface area contributed by atoms with Gasteiger partial charge in [-0.05, 0) is 24.6 Å². The van der Waals surface area contributed by atoms with Crippen molar-refractivity contribution in [3.63, 3.8) is 0 Å². The molecule has 0 spiro atoms. The first kappa shape index (κ1) is 17.3. The highest BCUT2D eigenvalue weighted by Gasteiger charge is 2.23. The first-order valence-electron chi connectivity index (χ1n) is 8.30. The molecular formula is C18H23ClN4O. The van der Waals surface area contributed by atoms with Crippen LogP contribution in [-0.2, 0) is 4.74 Å². The number of morpholine rings is 1. The summed E-state index contributed by atoms with van der Waals surface area (Å²) in [5.74, 6) is 0. The van der Waals surface area contributed by atoms with Crippen molar-refractivity contribution >= 4 is 11.6 Å². The van der Waals surface area contributed by atoms with Crippen molar-refractivity contribution in [1.82, 2.24) is 20.2 Å². The molecule has 0 saturated carbocycles. The molecule has 3 rings (SSSR count). The SMILES string of the molecule is C[C@@H](NC[C@@H](c1cccc(Cl)c1)N1CCOCC1)c1cnccn1. The predicted molar refractivity (Wildman–Crippen MR) is 95.0 cm³/mol. The van der Waals surface area contributed by atoms with E-state index >= 15 is 0 Å². The number of benzene rings is 1. The molecular weight excluding hydrogens is 324 g/mol. The molecule has 2 heterocycles. The molecule has 1 aromatic carbocycles. The molecule has 0 bridgehead atoms. The van der Waals surface area contributed by atoms with Gasteiger partial charge in [0, 0.05) is 55.3 Å². The number of hydrogen-bond acceptors (Lipinski definition) is 5. The number of ether oxygens (including phenoxy) is 1. The Morgan fingerprint density at radius 3 is 2.83 bits per heavy atom. The number of nitrogens with one attached hydrogen (secondary N) is 1. The van der Waals surface area contributed by atoms with Crippen LogP contribution in [0.3, 0.4) is 0 Å². The van der Waals surface area contributed by atoms with Gasteiger partial charge in [0.15, 0.2) is 0 Å². The minimum atomic E-state index is 0.140. The lowest BCUT2D eigenvalue weighted by Gasteiger charge is -2.35. The summed E-state index contributed by atoms with van der Waals surface area (Å²) in [6, 6.07) is 8.51. The highest BCUT2D eigenvalue weighted by molar-refractivity contribution is 6.30. The molecule has 128 valence electrons. The third-order valence-corrected chi connectivity index (χ3v) is 4.60. The third kappa shape index (κ3) is 4.51. The molecule has 1 fully saturated rings. The van der Waals surface area contributed by atoms with Crippen molar-refractivity contribution in [2.24, 2.45) is 0 Å². The molecule has 2 atom stereocenters. The molecule has 0 amide bonds. The topological polar surface area (TPSA) is 50.3 Å². The number of rotatable bonds is 6. The van der Waals surface area contributed by atoms with E-state index in [0.717, 1.165) is 43.6 Å². The van der Waals surface area contributed by atoms with Gasteiger partial charge in [0.1, 0.15) is 0 Å². The van der Waals surface area contributed by atoms with Crippen LogP contribution in [0, 0.1) is 0 Å². The van der Waals surface area contributed by atoms with Crippen LogP contribution in [-0.4, -0.2) is 47.7 Å². The van der Waals surface area contributed by atoms with Crippen molar-refractivity contribution in [2.75, 3.05) is 32.8 Å². The van der Waals surface area contributed by atoms with Crippen molar-refractivity contribution in [1.29, 1.82) is 0 Å². The lowest BCUT2D eigenvalue weighted by atomic mass is 10.0. The monoisotopic (exact) mass is 346 g/mol. The predicted octanol–water partition coefficient (Wildman–Crippen LogP) is 2.85. The Kier molecular flexibility index (Phi) is 6.15. The van der Waals surface area contributed by atoms with Crippen LogP contribution in [0.5, 0.6) is 0 Å². The second-order valence-electron chi connectivity index (χ2n) is 5.98. The van der Waals surface area contributed by atoms with Gasteiger partial charge in [0.2, 0.25) is 0 Å². The summed E-state index contributed by atoms with van der Waals surface area (Å²) in [7, 11) is 0. The van der Waals surface area contributed by atoms with Gasteiger partial charge in [-0.15, -0.1) is 0 Å². The maximum absolute atomic E-state index is 6.20. The Balaban J connectivity index is 1.72. The Morgan fingerprint density at radius 1 is 1.29 bits per heavy atom. The van der Waals surface area contributed by atoms with E-state index in [0.29, 0.717) is 0 Å². The Morgan fingerprint density at radius 2 is 2.12 bits per heavy atom. The Hall–Kier alpha value is -1.53. The summed E-state index contributed by atoms with van der Waals surface area (Å²) >= 11 is 6.20. The van der Waals surface area contributed by atoms with Crippen LogP contribution in [0.15, 0.2) is 42.9 Å². The van der Waals surface area contributed by atoms with Crippen LogP contribution in [0.4, 0.5) is 0 Å². The van der Waals surface area contributed by atoms with Gasteiger partial charge in [-0.3, -0.25) is 14.9 Å². The molecule has 2 aromatic rings. The fraction of sp³-hybridized carbons (Fsp3) is 0.444. The van der Waals surface area contributed by atoms with E-state index in [1.54, 1.807) is 18.6 Å². The van der Waals surface area contributed by atoms with Gasteiger partial charge in [-0.1, -0.05) is 23.7 Å². The zero-order valence-electron chi connectivity index (χ0n) is 13.9. The average Bonchev–Trinajstić information content (AvgIpc) is 2.63. The molecule has 1 N–H and O–H groups in total. The molecule has 0 radical (unpaired) electrons. The lowest BCUT2D eigenvalue weighted by molar-refractivity contribution is 0.0157. The van der Waals surface area contributed by atoms with Crippen molar-refractivity contribution in [3.8, 4) is 0 Å². The van der Waals surface area contributed by atoms with Gasteiger partial charge < -0.3 is 10.1 Å². The van der Waals surface area contributed by atoms with E-state index in [4.69, 9.17) is 16.3 Å². The molecule has 5 nitrogen and oxygen atoms in total. The van der Waals surface area contributed by atoms with E-state index in [1.807, 2.05) is 12.1 Å².